The number of hydrogen-bond donors (Lipinski definition) is 1. The van der Waals surface area contributed by atoms with Crippen molar-refractivity contribution in [3.05, 3.63) is 58.6 Å². The monoisotopic (exact) mass is 529 g/mol. The highest BCUT2D eigenvalue weighted by Gasteiger charge is 2.47. The van der Waals surface area contributed by atoms with Gasteiger partial charge in [-0.1, -0.05) is 57.5 Å². The molecule has 0 radical (unpaired) electrons. The molecule has 1 spiro atoms. The van der Waals surface area contributed by atoms with Crippen molar-refractivity contribution in [1.82, 2.24) is 9.80 Å². The summed E-state index contributed by atoms with van der Waals surface area (Å²) in [7, 11) is 0. The van der Waals surface area contributed by atoms with Crippen LogP contribution in [0.5, 0.6) is 5.75 Å². The van der Waals surface area contributed by atoms with Crippen LogP contribution in [0.25, 0.3) is 0 Å². The molecule has 6 nitrogen and oxygen atoms in total. The largest absolute Gasteiger partial charge is 0.484 e. The lowest BCUT2D eigenvalue weighted by Crippen LogP contribution is -2.55. The number of amides is 3. The highest BCUT2D eigenvalue weighted by atomic mass is 35.5. The third-order valence-electron chi connectivity index (χ3n) is 7.09. The zero-order chi connectivity index (χ0) is 25.9. The van der Waals surface area contributed by atoms with Gasteiger partial charge in [-0.05, 0) is 60.1 Å². The van der Waals surface area contributed by atoms with Crippen LogP contribution in [-0.2, 0) is 4.79 Å². The van der Waals surface area contributed by atoms with Crippen molar-refractivity contribution in [2.75, 3.05) is 37.3 Å². The first-order valence-corrected chi connectivity index (χ1v) is 14.1. The molecule has 2 aliphatic rings. The number of anilines is 1. The minimum absolute atomic E-state index is 0.00188. The van der Waals surface area contributed by atoms with Gasteiger partial charge in [0.2, 0.25) is 0 Å². The standard InChI is InChI=1S/C28H36ClN3O3S/c1-19(2)23-6-5-7-24(20(3)4)26(23)30-27(34)31-14-12-28(13-15-31)32(16-17-36-28)25(33)18-35-22-10-8-21(29)9-11-22/h5-11,19-20H,12-18H2,1-4H3,(H,30,34). The van der Waals surface area contributed by atoms with Crippen molar-refractivity contribution in [1.29, 1.82) is 0 Å². The van der Waals surface area contributed by atoms with E-state index in [-0.39, 0.29) is 23.4 Å². The zero-order valence-corrected chi connectivity index (χ0v) is 23.1. The Morgan fingerprint density at radius 2 is 1.61 bits per heavy atom. The summed E-state index contributed by atoms with van der Waals surface area (Å²) in [6.45, 7) is 10.5. The maximum atomic E-state index is 13.3. The van der Waals surface area contributed by atoms with Crippen molar-refractivity contribution in [3.63, 3.8) is 0 Å². The molecule has 0 bridgehead atoms. The summed E-state index contributed by atoms with van der Waals surface area (Å²) in [5, 5.41) is 3.87. The van der Waals surface area contributed by atoms with E-state index in [1.165, 1.54) is 0 Å². The van der Waals surface area contributed by atoms with Crippen molar-refractivity contribution in [3.8, 4) is 5.75 Å². The number of likely N-dealkylation sites (tertiary alicyclic amines) is 1. The van der Waals surface area contributed by atoms with Crippen LogP contribution >= 0.6 is 23.4 Å². The molecule has 0 aliphatic carbocycles. The fourth-order valence-electron chi connectivity index (χ4n) is 5.07. The summed E-state index contributed by atoms with van der Waals surface area (Å²) in [6.07, 6.45) is 1.50. The van der Waals surface area contributed by atoms with Crippen LogP contribution in [-0.4, -0.2) is 58.6 Å². The third-order valence-corrected chi connectivity index (χ3v) is 8.90. The predicted octanol–water partition coefficient (Wildman–Crippen LogP) is 6.57. The normalized spacial score (nSPS) is 17.2. The van der Waals surface area contributed by atoms with Crippen LogP contribution < -0.4 is 10.1 Å². The van der Waals surface area contributed by atoms with Gasteiger partial charge in [0.1, 0.15) is 5.75 Å². The number of carbonyl (C=O) groups excluding carboxylic acids is 2. The average molecular weight is 530 g/mol. The zero-order valence-electron chi connectivity index (χ0n) is 21.6. The Hall–Kier alpha value is -2.38. The Balaban J connectivity index is 1.38. The lowest BCUT2D eigenvalue weighted by Gasteiger charge is -2.44. The van der Waals surface area contributed by atoms with Crippen LogP contribution in [0.1, 0.15) is 63.5 Å². The Bertz CT molecular complexity index is 1060. The van der Waals surface area contributed by atoms with Crippen LogP contribution in [0, 0.1) is 0 Å². The van der Waals surface area contributed by atoms with Gasteiger partial charge in [-0.15, -0.1) is 11.8 Å². The Labute approximate surface area is 223 Å². The molecular weight excluding hydrogens is 494 g/mol. The first-order chi connectivity index (χ1) is 17.2. The number of nitrogens with zero attached hydrogens (tertiary/aromatic N) is 2. The van der Waals surface area contributed by atoms with Gasteiger partial charge in [-0.2, -0.15) is 0 Å². The highest BCUT2D eigenvalue weighted by Crippen LogP contribution is 2.44. The SMILES string of the molecule is CC(C)c1cccc(C(C)C)c1NC(=O)N1CCC2(CC1)SCCN2C(=O)COc1ccc(Cl)cc1. The summed E-state index contributed by atoms with van der Waals surface area (Å²) >= 11 is 7.76. The van der Waals surface area contributed by atoms with E-state index in [1.807, 2.05) is 21.6 Å². The molecule has 4 rings (SSSR count). The predicted molar refractivity (Wildman–Crippen MR) is 148 cm³/mol. The van der Waals surface area contributed by atoms with Crippen molar-refractivity contribution < 1.29 is 14.3 Å². The van der Waals surface area contributed by atoms with Crippen LogP contribution in [0.3, 0.4) is 0 Å². The van der Waals surface area contributed by atoms with Crippen molar-refractivity contribution in [2.24, 2.45) is 0 Å². The fraction of sp³-hybridized carbons (Fsp3) is 0.500. The molecule has 36 heavy (non-hydrogen) atoms. The number of ether oxygens (including phenoxy) is 1. The minimum Gasteiger partial charge on any atom is -0.484 e. The Morgan fingerprint density at radius 1 is 1.00 bits per heavy atom. The van der Waals surface area contributed by atoms with Crippen LogP contribution in [0.15, 0.2) is 42.5 Å². The smallest absolute Gasteiger partial charge is 0.321 e. The molecule has 2 saturated heterocycles. The number of urea groups is 1. The molecule has 2 fully saturated rings. The summed E-state index contributed by atoms with van der Waals surface area (Å²) < 4.78 is 5.72. The number of rotatable bonds is 6. The lowest BCUT2D eigenvalue weighted by atomic mass is 9.92. The molecule has 2 aromatic carbocycles. The van der Waals surface area contributed by atoms with E-state index in [0.717, 1.165) is 35.4 Å². The number of nitrogens with one attached hydrogen (secondary N) is 1. The van der Waals surface area contributed by atoms with Gasteiger partial charge in [0, 0.05) is 36.1 Å². The Kier molecular flexibility index (Phi) is 8.41. The van der Waals surface area contributed by atoms with E-state index in [4.69, 9.17) is 16.3 Å². The summed E-state index contributed by atoms with van der Waals surface area (Å²) in [5.41, 5.74) is 3.26. The third kappa shape index (κ3) is 5.78. The first-order valence-electron chi connectivity index (χ1n) is 12.7. The number of carbonyl (C=O) groups is 2. The second-order valence-electron chi connectivity index (χ2n) is 10.1. The first kappa shape index (κ1) is 26.7. The van der Waals surface area contributed by atoms with E-state index < -0.39 is 0 Å². The van der Waals surface area contributed by atoms with Crippen LogP contribution in [0.4, 0.5) is 10.5 Å². The van der Waals surface area contributed by atoms with Crippen LogP contribution in [0.2, 0.25) is 5.02 Å². The number of halogens is 1. The molecule has 1 N–H and O–H groups in total. The van der Waals surface area contributed by atoms with Gasteiger partial charge in [-0.25, -0.2) is 4.79 Å². The van der Waals surface area contributed by atoms with E-state index in [2.05, 4.69) is 51.2 Å². The topological polar surface area (TPSA) is 61.9 Å². The number of thioether (sulfide) groups is 1. The van der Waals surface area contributed by atoms with Crippen molar-refractivity contribution >= 4 is 41.0 Å². The molecule has 8 heteroatoms. The molecule has 2 heterocycles. The molecule has 3 amide bonds. The number of hydrogen-bond acceptors (Lipinski definition) is 4. The molecule has 0 unspecified atom stereocenters. The maximum Gasteiger partial charge on any atom is 0.321 e. The summed E-state index contributed by atoms with van der Waals surface area (Å²) in [4.78, 5) is 30.0. The lowest BCUT2D eigenvalue weighted by molar-refractivity contribution is -0.136. The fourth-order valence-corrected chi connectivity index (χ4v) is 6.67. The maximum absolute atomic E-state index is 13.3. The molecule has 0 aromatic heterocycles. The Morgan fingerprint density at radius 3 is 2.19 bits per heavy atom. The van der Waals surface area contributed by atoms with Gasteiger partial charge >= 0.3 is 6.03 Å². The average Bonchev–Trinajstić information content (AvgIpc) is 3.26. The molecule has 2 aliphatic heterocycles. The summed E-state index contributed by atoms with van der Waals surface area (Å²) in [5.74, 6) is 2.14. The highest BCUT2D eigenvalue weighted by molar-refractivity contribution is 8.00. The van der Waals surface area contributed by atoms with E-state index in [0.29, 0.717) is 42.2 Å². The number of para-hydroxylation sites is 1. The van der Waals surface area contributed by atoms with Gasteiger partial charge < -0.3 is 19.9 Å². The molecule has 0 saturated carbocycles. The second-order valence-corrected chi connectivity index (χ2v) is 12.0. The minimum atomic E-state index is -0.268. The quantitative estimate of drug-likeness (QED) is 0.460. The molecule has 194 valence electrons. The van der Waals surface area contributed by atoms with E-state index >= 15 is 0 Å². The van der Waals surface area contributed by atoms with Gasteiger partial charge in [0.05, 0.1) is 4.87 Å². The van der Waals surface area contributed by atoms with E-state index in [1.54, 1.807) is 24.3 Å². The summed E-state index contributed by atoms with van der Waals surface area (Å²) in [6, 6.07) is 13.2. The van der Waals surface area contributed by atoms with E-state index in [9.17, 15) is 9.59 Å². The van der Waals surface area contributed by atoms with Gasteiger partial charge in [0.15, 0.2) is 6.61 Å². The number of piperidine rings is 1. The van der Waals surface area contributed by atoms with Gasteiger partial charge in [0.25, 0.3) is 5.91 Å². The molecule has 2 aromatic rings. The second kappa shape index (κ2) is 11.3. The van der Waals surface area contributed by atoms with Crippen molar-refractivity contribution in [2.45, 2.75) is 57.2 Å². The number of benzene rings is 2. The molecular formula is C28H36ClN3O3S. The molecule has 0 atom stereocenters. The van der Waals surface area contributed by atoms with Gasteiger partial charge in [-0.3, -0.25) is 4.79 Å².